The van der Waals surface area contributed by atoms with Gasteiger partial charge in [-0.15, -0.1) is 0 Å². The Hall–Kier alpha value is -7.42. The highest BCUT2D eigenvalue weighted by Gasteiger charge is 2.36. The first-order valence-electron chi connectivity index (χ1n) is 20.4. The van der Waals surface area contributed by atoms with E-state index in [0.717, 1.165) is 39.0 Å². The van der Waals surface area contributed by atoms with Gasteiger partial charge in [-0.1, -0.05) is 202 Å². The van der Waals surface area contributed by atoms with Gasteiger partial charge >= 0.3 is 0 Å². The molecule has 10 aromatic rings. The fraction of sp³-hybridized carbons (Fsp3) is 0.0526. The second-order valence-electron chi connectivity index (χ2n) is 16.2. The Labute approximate surface area is 345 Å². The highest BCUT2D eigenvalue weighted by Crippen LogP contribution is 2.52. The SMILES string of the molecule is CC1(C)c2cc(-c3ccc(-c4ccc(-c5cc(-c6cccc(-c7ccccc7)c6)nc(-c6ccccc6)n5)c5ccccc45)cc3)ccc2-c2c1ccc1ccccc21. The predicted octanol–water partition coefficient (Wildman–Crippen LogP) is 15.1. The van der Waals surface area contributed by atoms with Gasteiger partial charge in [-0.3, -0.25) is 0 Å². The highest BCUT2D eigenvalue weighted by atomic mass is 14.9. The van der Waals surface area contributed by atoms with Crippen LogP contribution >= 0.6 is 0 Å². The molecule has 0 N–H and O–H groups in total. The maximum absolute atomic E-state index is 5.23. The smallest absolute Gasteiger partial charge is 0.160 e. The third kappa shape index (κ3) is 5.96. The highest BCUT2D eigenvalue weighted by molar-refractivity contribution is 6.05. The van der Waals surface area contributed by atoms with Gasteiger partial charge in [0.1, 0.15) is 0 Å². The first-order valence-corrected chi connectivity index (χ1v) is 20.4. The number of aromatic nitrogens is 2. The molecule has 0 saturated carbocycles. The van der Waals surface area contributed by atoms with Gasteiger partial charge in [-0.05, 0) is 95.4 Å². The van der Waals surface area contributed by atoms with E-state index in [2.05, 4.69) is 202 Å². The molecule has 0 spiro atoms. The average molecular weight is 753 g/mol. The number of hydrogen-bond acceptors (Lipinski definition) is 2. The molecule has 1 aromatic heterocycles. The lowest BCUT2D eigenvalue weighted by Crippen LogP contribution is -2.15. The van der Waals surface area contributed by atoms with Gasteiger partial charge in [0.25, 0.3) is 0 Å². The number of nitrogens with zero attached hydrogens (tertiary/aromatic N) is 2. The van der Waals surface area contributed by atoms with Crippen molar-refractivity contribution in [3.05, 3.63) is 217 Å². The molecule has 0 atom stereocenters. The summed E-state index contributed by atoms with van der Waals surface area (Å²) in [5, 5.41) is 4.97. The maximum atomic E-state index is 5.23. The fourth-order valence-electron chi connectivity index (χ4n) is 9.24. The van der Waals surface area contributed by atoms with Gasteiger partial charge in [-0.2, -0.15) is 0 Å². The normalized spacial score (nSPS) is 12.7. The molecule has 0 unspecified atom stereocenters. The van der Waals surface area contributed by atoms with Gasteiger partial charge in [0.05, 0.1) is 11.4 Å². The third-order valence-corrected chi connectivity index (χ3v) is 12.3. The van der Waals surface area contributed by atoms with E-state index in [9.17, 15) is 0 Å². The topological polar surface area (TPSA) is 25.8 Å². The largest absolute Gasteiger partial charge is 0.228 e. The molecule has 2 nitrogen and oxygen atoms in total. The lowest BCUT2D eigenvalue weighted by molar-refractivity contribution is 0.661. The number of benzene rings is 9. The van der Waals surface area contributed by atoms with Crippen molar-refractivity contribution in [2.75, 3.05) is 0 Å². The predicted molar refractivity (Wildman–Crippen MR) is 247 cm³/mol. The molecular formula is C57H40N2. The zero-order valence-electron chi connectivity index (χ0n) is 33.0. The van der Waals surface area contributed by atoms with Crippen LogP contribution in [0.15, 0.2) is 206 Å². The van der Waals surface area contributed by atoms with Crippen molar-refractivity contribution in [1.29, 1.82) is 0 Å². The molecule has 1 heterocycles. The van der Waals surface area contributed by atoms with Crippen molar-refractivity contribution in [1.82, 2.24) is 9.97 Å². The molecule has 0 fully saturated rings. The summed E-state index contributed by atoms with van der Waals surface area (Å²) in [5.74, 6) is 0.708. The summed E-state index contributed by atoms with van der Waals surface area (Å²) in [5.41, 5.74) is 17.5. The Morgan fingerprint density at radius 3 is 1.64 bits per heavy atom. The minimum Gasteiger partial charge on any atom is -0.228 e. The number of rotatable bonds is 6. The van der Waals surface area contributed by atoms with Crippen LogP contribution in [0.4, 0.5) is 0 Å². The zero-order chi connectivity index (χ0) is 39.5. The van der Waals surface area contributed by atoms with E-state index < -0.39 is 0 Å². The standard InChI is InChI=1S/C57H40N2/c1-57(2)51-33-29-39-16-9-10-21-46(39)55(51)50-30-28-43(35-52(50)57)38-24-26-40(27-25-38)45-31-32-49(48-23-12-11-22-47(45)48)54-36-53(58-56(59-54)41-17-7-4-8-18-41)44-20-13-19-42(34-44)37-14-5-3-6-15-37/h3-36H,1-2H3. The molecule has 1 aliphatic rings. The molecule has 9 aromatic carbocycles. The van der Waals surface area contributed by atoms with Crippen molar-refractivity contribution in [2.24, 2.45) is 0 Å². The Balaban J connectivity index is 0.974. The first kappa shape index (κ1) is 34.8. The number of fused-ring (bicyclic) bond motifs is 6. The van der Waals surface area contributed by atoms with Crippen LogP contribution in [0, 0.1) is 0 Å². The Morgan fingerprint density at radius 1 is 0.322 bits per heavy atom. The first-order chi connectivity index (χ1) is 29.0. The molecule has 0 aliphatic heterocycles. The second kappa shape index (κ2) is 13.9. The minimum atomic E-state index is -0.0796. The molecule has 11 rings (SSSR count). The van der Waals surface area contributed by atoms with Gasteiger partial charge in [0.2, 0.25) is 0 Å². The quantitative estimate of drug-likeness (QED) is 0.169. The molecule has 2 heteroatoms. The maximum Gasteiger partial charge on any atom is 0.160 e. The van der Waals surface area contributed by atoms with Crippen molar-refractivity contribution in [2.45, 2.75) is 19.3 Å². The molecular weight excluding hydrogens is 713 g/mol. The summed E-state index contributed by atoms with van der Waals surface area (Å²) >= 11 is 0. The van der Waals surface area contributed by atoms with Crippen LogP contribution in [0.2, 0.25) is 0 Å². The van der Waals surface area contributed by atoms with Gasteiger partial charge < -0.3 is 0 Å². The molecule has 278 valence electrons. The van der Waals surface area contributed by atoms with Crippen LogP contribution in [-0.2, 0) is 5.41 Å². The van der Waals surface area contributed by atoms with E-state index in [0.29, 0.717) is 5.82 Å². The monoisotopic (exact) mass is 752 g/mol. The van der Waals surface area contributed by atoms with Crippen LogP contribution in [0.25, 0.3) is 100.0 Å². The number of hydrogen-bond donors (Lipinski definition) is 0. The Bertz CT molecular complexity index is 3220. The van der Waals surface area contributed by atoms with Crippen molar-refractivity contribution in [3.8, 4) is 78.4 Å². The van der Waals surface area contributed by atoms with E-state index >= 15 is 0 Å². The second-order valence-corrected chi connectivity index (χ2v) is 16.2. The molecule has 0 radical (unpaired) electrons. The van der Waals surface area contributed by atoms with Crippen LogP contribution in [0.3, 0.4) is 0 Å². The lowest BCUT2D eigenvalue weighted by atomic mass is 9.81. The molecule has 0 saturated heterocycles. The van der Waals surface area contributed by atoms with Gasteiger partial charge in [-0.25, -0.2) is 9.97 Å². The molecule has 59 heavy (non-hydrogen) atoms. The van der Waals surface area contributed by atoms with Crippen LogP contribution in [0.1, 0.15) is 25.0 Å². The van der Waals surface area contributed by atoms with Crippen molar-refractivity contribution >= 4 is 21.5 Å². The van der Waals surface area contributed by atoms with Crippen LogP contribution < -0.4 is 0 Å². The van der Waals surface area contributed by atoms with Crippen molar-refractivity contribution < 1.29 is 0 Å². The average Bonchev–Trinajstić information content (AvgIpc) is 3.54. The summed E-state index contributed by atoms with van der Waals surface area (Å²) < 4.78 is 0. The molecule has 0 bridgehead atoms. The third-order valence-electron chi connectivity index (χ3n) is 12.3. The summed E-state index contributed by atoms with van der Waals surface area (Å²) in [6.45, 7) is 4.73. The molecule has 1 aliphatic carbocycles. The van der Waals surface area contributed by atoms with Crippen LogP contribution in [0.5, 0.6) is 0 Å². The lowest BCUT2D eigenvalue weighted by Gasteiger charge is -2.22. The van der Waals surface area contributed by atoms with Crippen LogP contribution in [-0.4, -0.2) is 9.97 Å². The zero-order valence-corrected chi connectivity index (χ0v) is 33.0. The fourth-order valence-corrected chi connectivity index (χ4v) is 9.24. The van der Waals surface area contributed by atoms with E-state index in [1.807, 2.05) is 18.2 Å². The van der Waals surface area contributed by atoms with Gasteiger partial charge in [0, 0.05) is 22.1 Å². The van der Waals surface area contributed by atoms with E-state index in [-0.39, 0.29) is 5.41 Å². The molecule has 0 amide bonds. The Kier molecular flexibility index (Phi) is 8.20. The summed E-state index contributed by atoms with van der Waals surface area (Å²) in [7, 11) is 0. The summed E-state index contributed by atoms with van der Waals surface area (Å²) in [6.07, 6.45) is 0. The summed E-state index contributed by atoms with van der Waals surface area (Å²) in [4.78, 5) is 10.4. The van der Waals surface area contributed by atoms with E-state index in [1.54, 1.807) is 0 Å². The summed E-state index contributed by atoms with van der Waals surface area (Å²) in [6, 6.07) is 74.3. The van der Waals surface area contributed by atoms with E-state index in [1.165, 1.54) is 66.2 Å². The Morgan fingerprint density at radius 2 is 0.864 bits per heavy atom. The van der Waals surface area contributed by atoms with Crippen molar-refractivity contribution in [3.63, 3.8) is 0 Å². The van der Waals surface area contributed by atoms with E-state index in [4.69, 9.17) is 9.97 Å². The van der Waals surface area contributed by atoms with Gasteiger partial charge in [0.15, 0.2) is 5.82 Å². The minimum absolute atomic E-state index is 0.0796.